The topological polar surface area (TPSA) is 50.2 Å². The van der Waals surface area contributed by atoms with Gasteiger partial charge in [0.25, 0.3) is 5.56 Å². The smallest absolute Gasteiger partial charge is 0.276 e. The SMILES string of the molecule is CCCCc1c(C(C)C)nc2cc(C(C)C)[nH]n2c1=O. The first kappa shape index (κ1) is 14.8. The van der Waals surface area contributed by atoms with E-state index in [1.54, 1.807) is 4.52 Å². The van der Waals surface area contributed by atoms with Crippen molar-refractivity contribution in [2.24, 2.45) is 0 Å². The van der Waals surface area contributed by atoms with Crippen LogP contribution in [0.5, 0.6) is 0 Å². The highest BCUT2D eigenvalue weighted by Crippen LogP contribution is 2.19. The molecule has 2 rings (SSSR count). The van der Waals surface area contributed by atoms with Crippen molar-refractivity contribution in [3.8, 4) is 0 Å². The fourth-order valence-electron chi connectivity index (χ4n) is 2.46. The van der Waals surface area contributed by atoms with Crippen molar-refractivity contribution in [1.29, 1.82) is 0 Å². The lowest BCUT2D eigenvalue weighted by Gasteiger charge is -2.11. The summed E-state index contributed by atoms with van der Waals surface area (Å²) >= 11 is 0. The van der Waals surface area contributed by atoms with Crippen molar-refractivity contribution in [3.63, 3.8) is 0 Å². The first-order chi connectivity index (χ1) is 9.45. The molecule has 0 aromatic carbocycles. The lowest BCUT2D eigenvalue weighted by atomic mass is 10.0. The summed E-state index contributed by atoms with van der Waals surface area (Å²) < 4.78 is 1.60. The van der Waals surface area contributed by atoms with Gasteiger partial charge in [-0.05, 0) is 24.7 Å². The Bertz CT molecular complexity index is 650. The lowest BCUT2D eigenvalue weighted by Crippen LogP contribution is -2.23. The largest absolute Gasteiger partial charge is 0.293 e. The van der Waals surface area contributed by atoms with Crippen molar-refractivity contribution in [1.82, 2.24) is 14.6 Å². The average molecular weight is 275 g/mol. The normalized spacial score (nSPS) is 11.9. The minimum Gasteiger partial charge on any atom is -0.293 e. The van der Waals surface area contributed by atoms with Gasteiger partial charge in [0.15, 0.2) is 5.65 Å². The third-order valence-electron chi connectivity index (χ3n) is 3.71. The van der Waals surface area contributed by atoms with E-state index in [2.05, 4.69) is 39.7 Å². The van der Waals surface area contributed by atoms with E-state index >= 15 is 0 Å². The Kier molecular flexibility index (Phi) is 4.31. The molecule has 0 aliphatic heterocycles. The van der Waals surface area contributed by atoms with Crippen LogP contribution in [0.3, 0.4) is 0 Å². The lowest BCUT2D eigenvalue weighted by molar-refractivity contribution is 0.712. The molecule has 0 bridgehead atoms. The van der Waals surface area contributed by atoms with Gasteiger partial charge in [0.2, 0.25) is 0 Å². The van der Waals surface area contributed by atoms with Gasteiger partial charge in [0.1, 0.15) is 0 Å². The van der Waals surface area contributed by atoms with Crippen molar-refractivity contribution < 1.29 is 0 Å². The average Bonchev–Trinajstić information content (AvgIpc) is 2.81. The first-order valence-corrected chi connectivity index (χ1v) is 7.60. The molecule has 0 unspecified atom stereocenters. The summed E-state index contributed by atoms with van der Waals surface area (Å²) in [6, 6.07) is 1.99. The van der Waals surface area contributed by atoms with E-state index in [4.69, 9.17) is 4.98 Å². The van der Waals surface area contributed by atoms with Gasteiger partial charge in [-0.15, -0.1) is 0 Å². The number of nitrogens with one attached hydrogen (secondary N) is 1. The molecule has 0 saturated carbocycles. The standard InChI is InChI=1S/C16H25N3O/c1-6-7-8-12-15(11(4)5)17-14-9-13(10(2)3)18-19(14)16(12)20/h9-11,18H,6-8H2,1-5H3. The van der Waals surface area contributed by atoms with Crippen LogP contribution in [-0.2, 0) is 6.42 Å². The van der Waals surface area contributed by atoms with E-state index in [0.717, 1.165) is 41.9 Å². The maximum absolute atomic E-state index is 12.7. The van der Waals surface area contributed by atoms with E-state index in [1.807, 2.05) is 6.07 Å². The molecule has 4 heteroatoms. The number of aromatic nitrogens is 3. The number of nitrogens with zero attached hydrogens (tertiary/aromatic N) is 2. The summed E-state index contributed by atoms with van der Waals surface area (Å²) in [4.78, 5) is 17.4. The van der Waals surface area contributed by atoms with Crippen molar-refractivity contribution in [2.75, 3.05) is 0 Å². The Morgan fingerprint density at radius 3 is 2.50 bits per heavy atom. The van der Waals surface area contributed by atoms with E-state index < -0.39 is 0 Å². The van der Waals surface area contributed by atoms with Crippen molar-refractivity contribution in [3.05, 3.63) is 33.4 Å². The highest BCUT2D eigenvalue weighted by Gasteiger charge is 2.17. The van der Waals surface area contributed by atoms with E-state index in [-0.39, 0.29) is 11.5 Å². The number of unbranched alkanes of at least 4 members (excludes halogenated alkanes) is 1. The van der Waals surface area contributed by atoms with Gasteiger partial charge < -0.3 is 0 Å². The molecule has 0 fully saturated rings. The minimum atomic E-state index is 0.0686. The van der Waals surface area contributed by atoms with Gasteiger partial charge in [0.05, 0.1) is 5.69 Å². The molecule has 0 radical (unpaired) electrons. The number of hydrogen-bond acceptors (Lipinski definition) is 2. The number of hydrogen-bond donors (Lipinski definition) is 1. The third kappa shape index (κ3) is 2.65. The second kappa shape index (κ2) is 5.81. The Morgan fingerprint density at radius 1 is 1.25 bits per heavy atom. The summed E-state index contributed by atoms with van der Waals surface area (Å²) in [7, 11) is 0. The van der Waals surface area contributed by atoms with Crippen LogP contribution in [0.1, 0.15) is 76.2 Å². The number of fused-ring (bicyclic) bond motifs is 1. The van der Waals surface area contributed by atoms with Gasteiger partial charge in [-0.1, -0.05) is 41.0 Å². The number of H-pyrrole nitrogens is 1. The van der Waals surface area contributed by atoms with Gasteiger partial charge in [-0.2, -0.15) is 0 Å². The van der Waals surface area contributed by atoms with Crippen LogP contribution in [0, 0.1) is 0 Å². The molecule has 110 valence electrons. The second-order valence-electron chi connectivity index (χ2n) is 6.10. The molecule has 2 aromatic rings. The van der Waals surface area contributed by atoms with Crippen LogP contribution in [0.2, 0.25) is 0 Å². The molecular formula is C16H25N3O. The fourth-order valence-corrected chi connectivity index (χ4v) is 2.46. The van der Waals surface area contributed by atoms with Crippen LogP contribution in [0.15, 0.2) is 10.9 Å². The summed E-state index contributed by atoms with van der Waals surface area (Å²) in [5, 5.41) is 3.19. The predicted molar refractivity (Wildman–Crippen MR) is 82.6 cm³/mol. The summed E-state index contributed by atoms with van der Waals surface area (Å²) in [6.07, 6.45) is 2.93. The van der Waals surface area contributed by atoms with Crippen LogP contribution in [0.4, 0.5) is 0 Å². The molecule has 0 aliphatic carbocycles. The summed E-state index contributed by atoms with van der Waals surface area (Å²) in [5.41, 5.74) is 3.69. The van der Waals surface area contributed by atoms with Crippen LogP contribution < -0.4 is 5.56 Å². The van der Waals surface area contributed by atoms with Crippen LogP contribution >= 0.6 is 0 Å². The zero-order valence-corrected chi connectivity index (χ0v) is 13.2. The Hall–Kier alpha value is -1.58. The Balaban J connectivity index is 2.65. The highest BCUT2D eigenvalue weighted by molar-refractivity contribution is 5.43. The zero-order chi connectivity index (χ0) is 14.9. The first-order valence-electron chi connectivity index (χ1n) is 7.60. The van der Waals surface area contributed by atoms with Gasteiger partial charge in [-0.3, -0.25) is 9.89 Å². The van der Waals surface area contributed by atoms with Crippen LogP contribution in [0.25, 0.3) is 5.65 Å². The summed E-state index contributed by atoms with van der Waals surface area (Å²) in [6.45, 7) is 10.6. The molecule has 0 aliphatic rings. The molecule has 0 atom stereocenters. The second-order valence-corrected chi connectivity index (χ2v) is 6.10. The minimum absolute atomic E-state index is 0.0686. The third-order valence-corrected chi connectivity index (χ3v) is 3.71. The maximum Gasteiger partial charge on any atom is 0.276 e. The molecule has 2 heterocycles. The Morgan fingerprint density at radius 2 is 1.95 bits per heavy atom. The Labute approximate surface area is 120 Å². The number of rotatable bonds is 5. The monoisotopic (exact) mass is 275 g/mol. The molecule has 4 nitrogen and oxygen atoms in total. The van der Waals surface area contributed by atoms with E-state index in [0.29, 0.717) is 5.92 Å². The zero-order valence-electron chi connectivity index (χ0n) is 13.2. The molecule has 0 spiro atoms. The fraction of sp³-hybridized carbons (Fsp3) is 0.625. The van der Waals surface area contributed by atoms with Crippen molar-refractivity contribution in [2.45, 2.75) is 65.7 Å². The number of aromatic amines is 1. The molecule has 0 saturated heterocycles. The van der Waals surface area contributed by atoms with E-state index in [9.17, 15) is 4.79 Å². The molecule has 2 aromatic heterocycles. The summed E-state index contributed by atoms with van der Waals surface area (Å²) in [5.74, 6) is 0.634. The molecule has 1 N–H and O–H groups in total. The van der Waals surface area contributed by atoms with Gasteiger partial charge >= 0.3 is 0 Å². The maximum atomic E-state index is 12.7. The molecular weight excluding hydrogens is 250 g/mol. The van der Waals surface area contributed by atoms with Gasteiger partial charge in [-0.25, -0.2) is 9.50 Å². The van der Waals surface area contributed by atoms with E-state index in [1.165, 1.54) is 0 Å². The highest BCUT2D eigenvalue weighted by atomic mass is 16.1. The molecule has 20 heavy (non-hydrogen) atoms. The van der Waals surface area contributed by atoms with Crippen molar-refractivity contribution >= 4 is 5.65 Å². The van der Waals surface area contributed by atoms with Gasteiger partial charge in [0, 0.05) is 17.3 Å². The molecule has 0 amide bonds. The quantitative estimate of drug-likeness (QED) is 0.906. The van der Waals surface area contributed by atoms with Crippen LogP contribution in [-0.4, -0.2) is 14.6 Å². The predicted octanol–water partition coefficient (Wildman–Crippen LogP) is 3.61.